The topological polar surface area (TPSA) is 72.3 Å². The van der Waals surface area contributed by atoms with Gasteiger partial charge in [0.2, 0.25) is 0 Å². The van der Waals surface area contributed by atoms with E-state index in [9.17, 15) is 4.79 Å². The lowest BCUT2D eigenvalue weighted by Crippen LogP contribution is -2.52. The highest BCUT2D eigenvalue weighted by Gasteiger charge is 2.37. The van der Waals surface area contributed by atoms with Crippen LogP contribution in [0, 0.1) is 5.41 Å². The van der Waals surface area contributed by atoms with E-state index in [4.69, 9.17) is 4.74 Å². The van der Waals surface area contributed by atoms with Crippen molar-refractivity contribution >= 4 is 11.8 Å². The molecule has 1 atom stereocenters. The van der Waals surface area contributed by atoms with Gasteiger partial charge in [0.05, 0.1) is 18.8 Å². The third-order valence-corrected chi connectivity index (χ3v) is 4.66. The van der Waals surface area contributed by atoms with Gasteiger partial charge in [-0.1, -0.05) is 49.4 Å². The molecular formula is C18H25N5O2. The molecule has 2 aromatic rings. The maximum atomic E-state index is 12.5. The molecule has 0 spiro atoms. The van der Waals surface area contributed by atoms with Crippen LogP contribution in [0.1, 0.15) is 25.8 Å². The number of methoxy groups -OCH3 is 1. The molecule has 1 aromatic heterocycles. The number of hydrogen-bond acceptors (Lipinski definition) is 4. The van der Waals surface area contributed by atoms with Crippen molar-refractivity contribution in [2.45, 2.75) is 32.9 Å². The summed E-state index contributed by atoms with van der Waals surface area (Å²) in [7, 11) is 1.73. The van der Waals surface area contributed by atoms with Gasteiger partial charge in [0.25, 0.3) is 0 Å². The lowest BCUT2D eigenvalue weighted by Gasteiger charge is -2.43. The van der Waals surface area contributed by atoms with E-state index in [2.05, 4.69) is 29.5 Å². The van der Waals surface area contributed by atoms with E-state index in [-0.39, 0.29) is 17.6 Å². The lowest BCUT2D eigenvalue weighted by atomic mass is 9.81. The first kappa shape index (κ1) is 17.4. The fourth-order valence-corrected chi connectivity index (χ4v) is 3.34. The molecule has 134 valence electrons. The zero-order valence-electron chi connectivity index (χ0n) is 15.0. The number of urea groups is 1. The number of amides is 2. The Labute approximate surface area is 148 Å². The van der Waals surface area contributed by atoms with Gasteiger partial charge in [0.15, 0.2) is 5.82 Å². The molecule has 1 saturated heterocycles. The quantitative estimate of drug-likeness (QED) is 0.926. The number of likely N-dealkylation sites (tertiary alicyclic amines) is 1. The first-order chi connectivity index (χ1) is 12.0. The Kier molecular flexibility index (Phi) is 5.03. The Bertz CT molecular complexity index is 713. The first-order valence-electron chi connectivity index (χ1n) is 8.51. The number of ether oxygens (including phenoxy) is 1. The number of carbonyl (C=O) groups excluding carboxylic acids is 1. The zero-order chi connectivity index (χ0) is 17.9. The van der Waals surface area contributed by atoms with E-state index in [0.717, 1.165) is 12.0 Å². The van der Waals surface area contributed by atoms with Crippen molar-refractivity contribution in [1.82, 2.24) is 19.9 Å². The van der Waals surface area contributed by atoms with Crippen molar-refractivity contribution in [1.29, 1.82) is 0 Å². The number of rotatable bonds is 4. The average molecular weight is 343 g/mol. The molecule has 2 heterocycles. The summed E-state index contributed by atoms with van der Waals surface area (Å²) in [6.45, 7) is 6.19. The van der Waals surface area contributed by atoms with E-state index in [1.807, 2.05) is 35.2 Å². The molecule has 0 radical (unpaired) electrons. The van der Waals surface area contributed by atoms with Crippen molar-refractivity contribution in [3.8, 4) is 0 Å². The summed E-state index contributed by atoms with van der Waals surface area (Å²) in [6, 6.07) is 9.87. The van der Waals surface area contributed by atoms with E-state index >= 15 is 0 Å². The monoisotopic (exact) mass is 343 g/mol. The molecule has 0 bridgehead atoms. The number of anilines is 1. The van der Waals surface area contributed by atoms with Gasteiger partial charge in [0, 0.05) is 25.6 Å². The van der Waals surface area contributed by atoms with Gasteiger partial charge in [-0.25, -0.2) is 9.48 Å². The predicted molar refractivity (Wildman–Crippen MR) is 95.4 cm³/mol. The smallest absolute Gasteiger partial charge is 0.323 e. The summed E-state index contributed by atoms with van der Waals surface area (Å²) in [4.78, 5) is 14.3. The second kappa shape index (κ2) is 7.23. The highest BCUT2D eigenvalue weighted by molar-refractivity contribution is 5.88. The molecule has 0 unspecified atom stereocenters. The van der Waals surface area contributed by atoms with Crippen LogP contribution in [0.3, 0.4) is 0 Å². The van der Waals surface area contributed by atoms with E-state index in [1.54, 1.807) is 18.0 Å². The second-order valence-electron chi connectivity index (χ2n) is 7.14. The highest BCUT2D eigenvalue weighted by atomic mass is 16.5. The Morgan fingerprint density at radius 2 is 2.12 bits per heavy atom. The molecule has 1 N–H and O–H groups in total. The molecule has 7 heteroatoms. The summed E-state index contributed by atoms with van der Waals surface area (Å²) < 4.78 is 7.24. The molecule has 25 heavy (non-hydrogen) atoms. The second-order valence-corrected chi connectivity index (χ2v) is 7.14. The van der Waals surface area contributed by atoms with Crippen LogP contribution in [0.2, 0.25) is 0 Å². The van der Waals surface area contributed by atoms with Crippen LogP contribution in [0.25, 0.3) is 0 Å². The molecular weight excluding hydrogens is 318 g/mol. The van der Waals surface area contributed by atoms with Crippen LogP contribution in [0.15, 0.2) is 36.5 Å². The normalized spacial score (nSPS) is 19.6. The number of aromatic nitrogens is 3. The van der Waals surface area contributed by atoms with Gasteiger partial charge in [-0.3, -0.25) is 5.32 Å². The van der Waals surface area contributed by atoms with Crippen LogP contribution in [0.5, 0.6) is 0 Å². The van der Waals surface area contributed by atoms with Crippen molar-refractivity contribution in [3.05, 3.63) is 42.1 Å². The number of hydrogen-bond donors (Lipinski definition) is 1. The summed E-state index contributed by atoms with van der Waals surface area (Å²) in [5, 5.41) is 11.0. The minimum Gasteiger partial charge on any atom is -0.381 e. The molecule has 7 nitrogen and oxygen atoms in total. The van der Waals surface area contributed by atoms with E-state index < -0.39 is 0 Å². The molecule has 1 fully saturated rings. The maximum absolute atomic E-state index is 12.5. The number of carbonyl (C=O) groups is 1. The first-order valence-corrected chi connectivity index (χ1v) is 8.51. The Morgan fingerprint density at radius 1 is 1.36 bits per heavy atom. The highest BCUT2D eigenvalue weighted by Crippen LogP contribution is 2.31. The molecule has 2 amide bonds. The Balaban J connectivity index is 1.58. The zero-order valence-corrected chi connectivity index (χ0v) is 15.0. The third kappa shape index (κ3) is 4.17. The summed E-state index contributed by atoms with van der Waals surface area (Å²) in [5.41, 5.74) is 1.06. The van der Waals surface area contributed by atoms with Gasteiger partial charge >= 0.3 is 6.03 Å². The molecule has 1 aliphatic heterocycles. The van der Waals surface area contributed by atoms with Crippen molar-refractivity contribution < 1.29 is 9.53 Å². The summed E-state index contributed by atoms with van der Waals surface area (Å²) >= 11 is 0. The van der Waals surface area contributed by atoms with Crippen LogP contribution in [-0.4, -0.2) is 52.2 Å². The van der Waals surface area contributed by atoms with Crippen molar-refractivity contribution in [2.75, 3.05) is 25.5 Å². The van der Waals surface area contributed by atoms with E-state index in [0.29, 0.717) is 25.5 Å². The number of nitrogens with zero attached hydrogens (tertiary/aromatic N) is 4. The SMILES string of the molecule is CO[C@H]1CCN(C(=O)Nc2cn(Cc3ccccc3)nn2)CC1(C)C. The lowest BCUT2D eigenvalue weighted by molar-refractivity contribution is -0.0394. The van der Waals surface area contributed by atoms with Gasteiger partial charge in [-0.05, 0) is 12.0 Å². The Morgan fingerprint density at radius 3 is 2.80 bits per heavy atom. The van der Waals surface area contributed by atoms with Gasteiger partial charge in [-0.2, -0.15) is 0 Å². The third-order valence-electron chi connectivity index (χ3n) is 4.66. The molecule has 0 aliphatic carbocycles. The largest absolute Gasteiger partial charge is 0.381 e. The van der Waals surface area contributed by atoms with Gasteiger partial charge < -0.3 is 9.64 Å². The van der Waals surface area contributed by atoms with Crippen LogP contribution in [-0.2, 0) is 11.3 Å². The fraction of sp³-hybridized carbons (Fsp3) is 0.500. The maximum Gasteiger partial charge on any atom is 0.323 e. The number of piperidine rings is 1. The molecule has 3 rings (SSSR count). The van der Waals surface area contributed by atoms with E-state index in [1.165, 1.54) is 0 Å². The fourth-order valence-electron chi connectivity index (χ4n) is 3.34. The molecule has 0 saturated carbocycles. The molecule has 1 aromatic carbocycles. The van der Waals surface area contributed by atoms with Crippen LogP contribution in [0.4, 0.5) is 10.6 Å². The van der Waals surface area contributed by atoms with Gasteiger partial charge in [0.1, 0.15) is 0 Å². The molecule has 1 aliphatic rings. The van der Waals surface area contributed by atoms with Gasteiger partial charge in [-0.15, -0.1) is 5.10 Å². The van der Waals surface area contributed by atoms with Crippen molar-refractivity contribution in [3.63, 3.8) is 0 Å². The summed E-state index contributed by atoms with van der Waals surface area (Å²) in [5.74, 6) is 0.465. The predicted octanol–water partition coefficient (Wildman–Crippen LogP) is 2.61. The minimum absolute atomic E-state index is 0.0741. The minimum atomic E-state index is -0.144. The van der Waals surface area contributed by atoms with Crippen LogP contribution < -0.4 is 5.32 Å². The van der Waals surface area contributed by atoms with Crippen LogP contribution >= 0.6 is 0 Å². The standard InChI is InChI=1S/C18H25N5O2/c1-18(2)13-22(10-9-15(18)25-3)17(24)19-16-12-23(21-20-16)11-14-7-5-4-6-8-14/h4-8,12,15H,9-11,13H2,1-3H3,(H,19,24)/t15-/m0/s1. The van der Waals surface area contributed by atoms with Crippen molar-refractivity contribution in [2.24, 2.45) is 5.41 Å². The summed E-state index contributed by atoms with van der Waals surface area (Å²) in [6.07, 6.45) is 2.75. The Hall–Kier alpha value is -2.41. The number of benzene rings is 1. The average Bonchev–Trinajstić information content (AvgIpc) is 3.01. The number of nitrogens with one attached hydrogen (secondary N) is 1.